The smallest absolute Gasteiger partial charge is 0.320 e. The molecule has 0 aliphatic rings. The standard InChI is InChI=1S/C17H21N5O2/c1-2-3-7-24-17-20-15(18)14-16(21-17)22(11-19-14)9-12-5-4-6-13(8-12)10-23/h4-6,8,11,23H,2-3,7,9-10H2,1H3,(H2,18,20,21). The number of nitrogens with two attached hydrogens (primary N) is 1. The van der Waals surface area contributed by atoms with Gasteiger partial charge in [0.2, 0.25) is 0 Å². The third-order valence-electron chi connectivity index (χ3n) is 3.73. The van der Waals surface area contributed by atoms with Crippen LogP contribution in [0.2, 0.25) is 0 Å². The van der Waals surface area contributed by atoms with Crippen molar-refractivity contribution in [2.24, 2.45) is 0 Å². The molecule has 0 fully saturated rings. The molecule has 0 saturated heterocycles. The number of aromatic nitrogens is 4. The van der Waals surface area contributed by atoms with Crippen molar-refractivity contribution in [2.75, 3.05) is 12.3 Å². The predicted molar refractivity (Wildman–Crippen MR) is 91.6 cm³/mol. The maximum Gasteiger partial charge on any atom is 0.320 e. The molecule has 24 heavy (non-hydrogen) atoms. The minimum absolute atomic E-state index is 0.0169. The van der Waals surface area contributed by atoms with Crippen LogP contribution in [-0.4, -0.2) is 31.2 Å². The van der Waals surface area contributed by atoms with Gasteiger partial charge in [-0.05, 0) is 17.5 Å². The van der Waals surface area contributed by atoms with E-state index in [-0.39, 0.29) is 12.6 Å². The number of aliphatic hydroxyl groups excluding tert-OH is 1. The highest BCUT2D eigenvalue weighted by atomic mass is 16.5. The zero-order valence-corrected chi connectivity index (χ0v) is 13.6. The fourth-order valence-electron chi connectivity index (χ4n) is 2.46. The Morgan fingerprint density at radius 2 is 2.08 bits per heavy atom. The van der Waals surface area contributed by atoms with E-state index in [2.05, 4.69) is 21.9 Å². The minimum Gasteiger partial charge on any atom is -0.463 e. The van der Waals surface area contributed by atoms with Crippen molar-refractivity contribution in [3.8, 4) is 6.01 Å². The summed E-state index contributed by atoms with van der Waals surface area (Å²) in [5.41, 5.74) is 9.10. The Kier molecular flexibility index (Phi) is 4.90. The molecule has 0 aliphatic carbocycles. The van der Waals surface area contributed by atoms with E-state index in [0.717, 1.165) is 24.0 Å². The van der Waals surface area contributed by atoms with Crippen LogP contribution in [0.4, 0.5) is 5.82 Å². The molecule has 0 spiro atoms. The lowest BCUT2D eigenvalue weighted by atomic mass is 10.1. The average Bonchev–Trinajstić information content (AvgIpc) is 2.99. The van der Waals surface area contributed by atoms with Crippen LogP contribution in [0.3, 0.4) is 0 Å². The van der Waals surface area contributed by atoms with E-state index in [4.69, 9.17) is 10.5 Å². The van der Waals surface area contributed by atoms with E-state index in [0.29, 0.717) is 30.1 Å². The summed E-state index contributed by atoms with van der Waals surface area (Å²) in [7, 11) is 0. The Bertz CT molecular complexity index is 831. The van der Waals surface area contributed by atoms with Crippen LogP contribution in [0.15, 0.2) is 30.6 Å². The summed E-state index contributed by atoms with van der Waals surface area (Å²) in [5, 5.41) is 9.26. The van der Waals surface area contributed by atoms with Gasteiger partial charge in [-0.1, -0.05) is 37.6 Å². The first kappa shape index (κ1) is 16.2. The van der Waals surface area contributed by atoms with Crippen molar-refractivity contribution < 1.29 is 9.84 Å². The third kappa shape index (κ3) is 3.46. The topological polar surface area (TPSA) is 99.1 Å². The molecule has 3 aromatic rings. The van der Waals surface area contributed by atoms with Crippen LogP contribution >= 0.6 is 0 Å². The maximum absolute atomic E-state index is 9.26. The number of unbranched alkanes of at least 4 members (excludes halogenated alkanes) is 1. The molecule has 0 radical (unpaired) electrons. The van der Waals surface area contributed by atoms with Crippen molar-refractivity contribution in [3.63, 3.8) is 0 Å². The number of hydrogen-bond acceptors (Lipinski definition) is 6. The number of aliphatic hydroxyl groups is 1. The molecule has 2 heterocycles. The highest BCUT2D eigenvalue weighted by molar-refractivity contribution is 5.81. The van der Waals surface area contributed by atoms with Crippen molar-refractivity contribution in [3.05, 3.63) is 41.7 Å². The summed E-state index contributed by atoms with van der Waals surface area (Å²) < 4.78 is 7.47. The largest absolute Gasteiger partial charge is 0.463 e. The molecular weight excluding hydrogens is 306 g/mol. The first-order valence-electron chi connectivity index (χ1n) is 8.01. The quantitative estimate of drug-likeness (QED) is 0.645. The second kappa shape index (κ2) is 7.27. The van der Waals surface area contributed by atoms with Gasteiger partial charge in [-0.2, -0.15) is 9.97 Å². The van der Waals surface area contributed by atoms with Crippen LogP contribution in [-0.2, 0) is 13.2 Å². The Morgan fingerprint density at radius 3 is 2.88 bits per heavy atom. The monoisotopic (exact) mass is 327 g/mol. The van der Waals surface area contributed by atoms with Gasteiger partial charge in [0.05, 0.1) is 26.1 Å². The number of benzene rings is 1. The Morgan fingerprint density at radius 1 is 1.25 bits per heavy atom. The number of rotatable bonds is 7. The summed E-state index contributed by atoms with van der Waals surface area (Å²) in [6, 6.07) is 8.03. The molecule has 3 N–H and O–H groups in total. The van der Waals surface area contributed by atoms with Gasteiger partial charge in [0.1, 0.15) is 0 Å². The number of fused-ring (bicyclic) bond motifs is 1. The second-order valence-corrected chi connectivity index (χ2v) is 5.62. The molecule has 0 amide bonds. The number of imidazole rings is 1. The molecule has 2 aromatic heterocycles. The van der Waals surface area contributed by atoms with Crippen molar-refractivity contribution in [1.82, 2.24) is 19.5 Å². The molecule has 0 unspecified atom stereocenters. The maximum atomic E-state index is 9.26. The van der Waals surface area contributed by atoms with Gasteiger partial charge in [-0.25, -0.2) is 4.98 Å². The fraction of sp³-hybridized carbons (Fsp3) is 0.353. The molecule has 0 atom stereocenters. The van der Waals surface area contributed by atoms with Crippen LogP contribution in [0, 0.1) is 0 Å². The number of nitrogens with zero attached hydrogens (tertiary/aromatic N) is 4. The second-order valence-electron chi connectivity index (χ2n) is 5.62. The third-order valence-corrected chi connectivity index (χ3v) is 3.73. The van der Waals surface area contributed by atoms with Crippen molar-refractivity contribution >= 4 is 17.0 Å². The van der Waals surface area contributed by atoms with Gasteiger partial charge in [0.15, 0.2) is 17.0 Å². The minimum atomic E-state index is 0.0169. The molecular formula is C17H21N5O2. The Labute approximate surface area is 140 Å². The molecule has 0 saturated carbocycles. The van der Waals surface area contributed by atoms with E-state index in [1.807, 2.05) is 28.8 Å². The molecule has 3 rings (SSSR count). The van der Waals surface area contributed by atoms with Crippen LogP contribution in [0.5, 0.6) is 6.01 Å². The lowest BCUT2D eigenvalue weighted by molar-refractivity contribution is 0.281. The average molecular weight is 327 g/mol. The predicted octanol–water partition coefficient (Wildman–Crippen LogP) is 2.13. The van der Waals surface area contributed by atoms with E-state index in [1.165, 1.54) is 0 Å². The van der Waals surface area contributed by atoms with Crippen LogP contribution in [0.1, 0.15) is 30.9 Å². The molecule has 0 aliphatic heterocycles. The number of anilines is 1. The van der Waals surface area contributed by atoms with Gasteiger partial charge >= 0.3 is 6.01 Å². The van der Waals surface area contributed by atoms with Gasteiger partial charge in [0.25, 0.3) is 0 Å². The number of ether oxygens (including phenoxy) is 1. The Hall–Kier alpha value is -2.67. The normalized spacial score (nSPS) is 11.1. The van der Waals surface area contributed by atoms with E-state index in [1.54, 1.807) is 6.33 Å². The van der Waals surface area contributed by atoms with Crippen LogP contribution < -0.4 is 10.5 Å². The van der Waals surface area contributed by atoms with Crippen LogP contribution in [0.25, 0.3) is 11.2 Å². The summed E-state index contributed by atoms with van der Waals surface area (Å²) in [4.78, 5) is 12.9. The SMILES string of the molecule is CCCCOc1nc(N)c2ncn(Cc3cccc(CO)c3)c2n1. The lowest BCUT2D eigenvalue weighted by Crippen LogP contribution is -2.06. The lowest BCUT2D eigenvalue weighted by Gasteiger charge is -2.08. The summed E-state index contributed by atoms with van der Waals surface area (Å²) in [6.45, 7) is 3.25. The van der Waals surface area contributed by atoms with Crippen molar-refractivity contribution in [2.45, 2.75) is 32.9 Å². The van der Waals surface area contributed by atoms with Gasteiger partial charge < -0.3 is 20.1 Å². The summed E-state index contributed by atoms with van der Waals surface area (Å²) in [5.74, 6) is 0.314. The highest BCUT2D eigenvalue weighted by Crippen LogP contribution is 2.20. The molecule has 0 bridgehead atoms. The summed E-state index contributed by atoms with van der Waals surface area (Å²) in [6.07, 6.45) is 3.67. The van der Waals surface area contributed by atoms with E-state index >= 15 is 0 Å². The first-order valence-corrected chi connectivity index (χ1v) is 8.01. The molecule has 1 aromatic carbocycles. The zero-order chi connectivity index (χ0) is 16.9. The van der Waals surface area contributed by atoms with Crippen molar-refractivity contribution in [1.29, 1.82) is 0 Å². The van der Waals surface area contributed by atoms with Gasteiger partial charge in [-0.3, -0.25) is 0 Å². The summed E-state index contributed by atoms with van der Waals surface area (Å²) >= 11 is 0. The highest BCUT2D eigenvalue weighted by Gasteiger charge is 2.12. The Balaban J connectivity index is 1.90. The zero-order valence-electron chi connectivity index (χ0n) is 13.6. The first-order chi connectivity index (χ1) is 11.7. The molecule has 7 nitrogen and oxygen atoms in total. The van der Waals surface area contributed by atoms with E-state index < -0.39 is 0 Å². The molecule has 126 valence electrons. The van der Waals surface area contributed by atoms with Gasteiger partial charge in [-0.15, -0.1) is 0 Å². The van der Waals surface area contributed by atoms with Gasteiger partial charge in [0, 0.05) is 0 Å². The number of hydrogen-bond donors (Lipinski definition) is 2. The van der Waals surface area contributed by atoms with E-state index in [9.17, 15) is 5.11 Å². The fourth-order valence-corrected chi connectivity index (χ4v) is 2.46. The molecule has 7 heteroatoms. The number of nitrogen functional groups attached to an aromatic ring is 1.